The summed E-state index contributed by atoms with van der Waals surface area (Å²) in [5.41, 5.74) is 3.96. The zero-order chi connectivity index (χ0) is 22.6. The molecule has 1 N–H and O–H groups in total. The molecule has 1 saturated heterocycles. The fourth-order valence-electron chi connectivity index (χ4n) is 4.31. The lowest BCUT2D eigenvalue weighted by Gasteiger charge is -2.27. The Morgan fingerprint density at radius 1 is 1.00 bits per heavy atom. The van der Waals surface area contributed by atoms with Crippen molar-refractivity contribution in [3.8, 4) is 0 Å². The third-order valence-electron chi connectivity index (χ3n) is 6.24. The summed E-state index contributed by atoms with van der Waals surface area (Å²) >= 11 is 0. The number of nitrogens with one attached hydrogen (secondary N) is 1. The molecule has 170 valence electrons. The summed E-state index contributed by atoms with van der Waals surface area (Å²) < 4.78 is 27.6. The molecule has 1 amide bonds. The molecule has 0 spiro atoms. The van der Waals surface area contributed by atoms with E-state index in [9.17, 15) is 13.2 Å². The summed E-state index contributed by atoms with van der Waals surface area (Å²) in [7, 11) is -3.53. The number of hydrogen-bond acceptors (Lipinski definition) is 4. The number of amides is 1. The number of benzene rings is 2. The molecule has 4 rings (SSSR count). The highest BCUT2D eigenvalue weighted by Crippen LogP contribution is 2.26. The van der Waals surface area contributed by atoms with Crippen LogP contribution >= 0.6 is 0 Å². The van der Waals surface area contributed by atoms with Crippen LogP contribution in [0.2, 0.25) is 0 Å². The maximum Gasteiger partial charge on any atom is 0.243 e. The first-order chi connectivity index (χ1) is 15.4. The zero-order valence-corrected chi connectivity index (χ0v) is 19.4. The number of hydrogen-bond donors (Lipinski definition) is 1. The number of carbonyl (C=O) groups is 1. The van der Waals surface area contributed by atoms with Gasteiger partial charge in [-0.15, -0.1) is 0 Å². The van der Waals surface area contributed by atoms with Crippen LogP contribution in [0.25, 0.3) is 5.57 Å². The van der Waals surface area contributed by atoms with Crippen molar-refractivity contribution in [3.63, 3.8) is 0 Å². The van der Waals surface area contributed by atoms with Crippen LogP contribution < -0.4 is 5.32 Å². The van der Waals surface area contributed by atoms with Crippen molar-refractivity contribution >= 4 is 27.2 Å². The van der Waals surface area contributed by atoms with Crippen LogP contribution in [0, 0.1) is 6.92 Å². The minimum absolute atomic E-state index is 0.128. The first-order valence-electron chi connectivity index (χ1n) is 11.3. The molecule has 0 radical (unpaired) electrons. The molecule has 6 nitrogen and oxygen atoms in total. The van der Waals surface area contributed by atoms with Gasteiger partial charge in [0, 0.05) is 31.9 Å². The summed E-state index contributed by atoms with van der Waals surface area (Å²) in [6.07, 6.45) is 5.94. The number of aryl methyl sites for hydroxylation is 1. The van der Waals surface area contributed by atoms with Gasteiger partial charge in [-0.25, -0.2) is 8.42 Å². The highest BCUT2D eigenvalue weighted by atomic mass is 32.2. The van der Waals surface area contributed by atoms with E-state index < -0.39 is 10.0 Å². The van der Waals surface area contributed by atoms with Gasteiger partial charge in [0.25, 0.3) is 0 Å². The Hall–Kier alpha value is -2.48. The third-order valence-corrected chi connectivity index (χ3v) is 8.14. The van der Waals surface area contributed by atoms with E-state index in [4.69, 9.17) is 0 Å². The molecule has 0 aliphatic carbocycles. The van der Waals surface area contributed by atoms with Gasteiger partial charge in [0.15, 0.2) is 0 Å². The quantitative estimate of drug-likeness (QED) is 0.720. The molecule has 2 heterocycles. The Kier molecular flexibility index (Phi) is 7.08. The minimum Gasteiger partial charge on any atom is -0.325 e. The van der Waals surface area contributed by atoms with Crippen LogP contribution in [-0.4, -0.2) is 56.3 Å². The predicted octanol–water partition coefficient (Wildman–Crippen LogP) is 3.90. The second-order valence-electron chi connectivity index (χ2n) is 8.57. The molecular formula is C25H31N3O3S. The number of sulfonamides is 1. The monoisotopic (exact) mass is 453 g/mol. The largest absolute Gasteiger partial charge is 0.325 e. The SMILES string of the molecule is Cc1ccc(S(=O)(=O)N2CCCCC2)cc1NC(=O)CN1CC=C(c2ccccc2)CC1. The minimum atomic E-state index is -3.53. The first kappa shape index (κ1) is 22.7. The highest BCUT2D eigenvalue weighted by molar-refractivity contribution is 7.89. The second kappa shape index (κ2) is 9.98. The van der Waals surface area contributed by atoms with Crippen LogP contribution in [0.3, 0.4) is 0 Å². The number of carbonyl (C=O) groups excluding carboxylic acids is 1. The zero-order valence-electron chi connectivity index (χ0n) is 18.6. The van der Waals surface area contributed by atoms with E-state index in [-0.39, 0.29) is 17.3 Å². The molecule has 2 aliphatic heterocycles. The Balaban J connectivity index is 1.39. The maximum atomic E-state index is 13.0. The molecule has 0 atom stereocenters. The van der Waals surface area contributed by atoms with Crippen LogP contribution in [0.5, 0.6) is 0 Å². The van der Waals surface area contributed by atoms with Crippen LogP contribution in [0.1, 0.15) is 36.8 Å². The standard InChI is InChI=1S/C25H31N3O3S/c1-20-10-11-23(32(30,31)28-14-6-3-7-15-28)18-24(20)26-25(29)19-27-16-12-22(13-17-27)21-8-4-2-5-9-21/h2,4-5,8-12,18H,3,6-7,13-17,19H2,1H3,(H,26,29). The topological polar surface area (TPSA) is 69.7 Å². The average Bonchev–Trinajstić information content (AvgIpc) is 2.82. The number of piperidine rings is 1. The van der Waals surface area contributed by atoms with Gasteiger partial charge < -0.3 is 5.32 Å². The highest BCUT2D eigenvalue weighted by Gasteiger charge is 2.26. The van der Waals surface area contributed by atoms with Crippen molar-refractivity contribution in [2.75, 3.05) is 38.0 Å². The maximum absolute atomic E-state index is 13.0. The van der Waals surface area contributed by atoms with Crippen molar-refractivity contribution in [2.45, 2.75) is 37.5 Å². The number of anilines is 1. The Morgan fingerprint density at radius 2 is 1.75 bits per heavy atom. The second-order valence-corrected chi connectivity index (χ2v) is 10.5. The predicted molar refractivity (Wildman–Crippen MR) is 128 cm³/mol. The Bertz CT molecular complexity index is 1090. The van der Waals surface area contributed by atoms with Crippen molar-refractivity contribution in [1.29, 1.82) is 0 Å². The molecule has 32 heavy (non-hydrogen) atoms. The summed E-state index contributed by atoms with van der Waals surface area (Å²) in [4.78, 5) is 15.1. The summed E-state index contributed by atoms with van der Waals surface area (Å²) in [5.74, 6) is -0.128. The molecule has 1 fully saturated rings. The van der Waals surface area contributed by atoms with Crippen LogP contribution in [-0.2, 0) is 14.8 Å². The van der Waals surface area contributed by atoms with Gasteiger partial charge in [0.05, 0.1) is 11.4 Å². The fourth-order valence-corrected chi connectivity index (χ4v) is 5.86. The van der Waals surface area contributed by atoms with Gasteiger partial charge in [-0.3, -0.25) is 9.69 Å². The van der Waals surface area contributed by atoms with E-state index >= 15 is 0 Å². The number of rotatable bonds is 6. The van der Waals surface area contributed by atoms with E-state index in [1.807, 2.05) is 25.1 Å². The lowest BCUT2D eigenvalue weighted by atomic mass is 10.00. The average molecular weight is 454 g/mol. The summed E-state index contributed by atoms with van der Waals surface area (Å²) in [6.45, 7) is 4.82. The van der Waals surface area contributed by atoms with E-state index in [1.54, 1.807) is 22.5 Å². The molecule has 0 bridgehead atoms. The van der Waals surface area contributed by atoms with Crippen LogP contribution in [0.4, 0.5) is 5.69 Å². The van der Waals surface area contributed by atoms with Gasteiger partial charge in [-0.2, -0.15) is 4.31 Å². The molecule has 0 unspecified atom stereocenters. The molecule has 7 heteroatoms. The summed E-state index contributed by atoms with van der Waals surface area (Å²) in [6, 6.07) is 15.3. The fraction of sp³-hybridized carbons (Fsp3) is 0.400. The van der Waals surface area contributed by atoms with Gasteiger partial charge in [0.2, 0.25) is 15.9 Å². The van der Waals surface area contributed by atoms with E-state index in [0.29, 0.717) is 18.8 Å². The summed E-state index contributed by atoms with van der Waals surface area (Å²) in [5, 5.41) is 2.93. The first-order valence-corrected chi connectivity index (χ1v) is 12.7. The lowest BCUT2D eigenvalue weighted by Crippen LogP contribution is -2.36. The van der Waals surface area contributed by atoms with Gasteiger partial charge >= 0.3 is 0 Å². The normalized spacial score (nSPS) is 18.2. The van der Waals surface area contributed by atoms with Crippen molar-refractivity contribution in [1.82, 2.24) is 9.21 Å². The lowest BCUT2D eigenvalue weighted by molar-refractivity contribution is -0.117. The molecule has 0 aromatic heterocycles. The smallest absolute Gasteiger partial charge is 0.243 e. The Morgan fingerprint density at radius 3 is 2.44 bits per heavy atom. The van der Waals surface area contributed by atoms with E-state index in [0.717, 1.165) is 44.3 Å². The van der Waals surface area contributed by atoms with Gasteiger partial charge in [-0.1, -0.05) is 48.9 Å². The van der Waals surface area contributed by atoms with E-state index in [1.165, 1.54) is 11.1 Å². The van der Waals surface area contributed by atoms with E-state index in [2.05, 4.69) is 28.4 Å². The third kappa shape index (κ3) is 5.28. The molecular weight excluding hydrogens is 422 g/mol. The van der Waals surface area contributed by atoms with Gasteiger partial charge in [0.1, 0.15) is 0 Å². The number of nitrogens with zero attached hydrogens (tertiary/aromatic N) is 2. The van der Waals surface area contributed by atoms with Crippen molar-refractivity contribution in [2.24, 2.45) is 0 Å². The Labute approximate surface area is 191 Å². The van der Waals surface area contributed by atoms with Crippen molar-refractivity contribution in [3.05, 3.63) is 65.7 Å². The molecule has 0 saturated carbocycles. The van der Waals surface area contributed by atoms with Crippen LogP contribution in [0.15, 0.2) is 59.5 Å². The molecule has 2 aromatic carbocycles. The molecule has 2 aromatic rings. The van der Waals surface area contributed by atoms with Crippen molar-refractivity contribution < 1.29 is 13.2 Å². The van der Waals surface area contributed by atoms with Gasteiger partial charge in [-0.05, 0) is 55.0 Å². The molecule has 2 aliphatic rings.